The predicted molar refractivity (Wildman–Crippen MR) is 65.8 cm³/mol. The van der Waals surface area contributed by atoms with Gasteiger partial charge >= 0.3 is 0 Å². The molecule has 0 spiro atoms. The molecule has 0 aromatic carbocycles. The van der Waals surface area contributed by atoms with E-state index in [2.05, 4.69) is 4.99 Å². The lowest BCUT2D eigenvalue weighted by molar-refractivity contribution is -0.0298. The van der Waals surface area contributed by atoms with Crippen LogP contribution in [0.2, 0.25) is 0 Å². The van der Waals surface area contributed by atoms with Crippen LogP contribution >= 0.6 is 11.6 Å². The smallest absolute Gasteiger partial charge is 0.267 e. The Hall–Kier alpha value is -1.21. The van der Waals surface area contributed by atoms with Crippen molar-refractivity contribution in [1.29, 1.82) is 0 Å². The van der Waals surface area contributed by atoms with E-state index in [-0.39, 0.29) is 24.6 Å². The van der Waals surface area contributed by atoms with Crippen molar-refractivity contribution in [3.05, 3.63) is 23.7 Å². The fraction of sp³-hybridized carbons (Fsp3) is 0.545. The van der Waals surface area contributed by atoms with Crippen LogP contribution in [-0.4, -0.2) is 35.9 Å². The van der Waals surface area contributed by atoms with E-state index in [1.165, 1.54) is 6.08 Å². The van der Waals surface area contributed by atoms with Crippen LogP contribution in [0.25, 0.3) is 0 Å². The van der Waals surface area contributed by atoms with Crippen LogP contribution in [0.5, 0.6) is 0 Å². The molecule has 0 radical (unpaired) electrons. The molecule has 1 unspecified atom stereocenters. The first-order chi connectivity index (χ1) is 8.82. The lowest BCUT2D eigenvalue weighted by Crippen LogP contribution is -2.61. The van der Waals surface area contributed by atoms with E-state index < -0.39 is 29.3 Å². The van der Waals surface area contributed by atoms with Crippen LogP contribution in [0, 0.1) is 0 Å². The van der Waals surface area contributed by atoms with Crippen LogP contribution in [0.15, 0.2) is 28.7 Å². The summed E-state index contributed by atoms with van der Waals surface area (Å²) in [7, 11) is 0. The molecule has 2 aliphatic rings. The summed E-state index contributed by atoms with van der Waals surface area (Å²) in [4.78, 5) is 1.63. The largest absolute Gasteiger partial charge is 0.402 e. The van der Waals surface area contributed by atoms with Gasteiger partial charge in [-0.25, -0.2) is 13.2 Å². The molecule has 0 fully saturated rings. The number of amidine groups is 1. The monoisotopic (exact) mass is 295 g/mol. The second-order valence-electron chi connectivity index (χ2n) is 4.56. The van der Waals surface area contributed by atoms with E-state index >= 15 is 0 Å². The minimum Gasteiger partial charge on any atom is -0.402 e. The van der Waals surface area contributed by atoms with Crippen molar-refractivity contribution in [1.82, 2.24) is 0 Å². The highest BCUT2D eigenvalue weighted by Gasteiger charge is 2.61. The van der Waals surface area contributed by atoms with Crippen molar-refractivity contribution < 1.29 is 17.9 Å². The fourth-order valence-corrected chi connectivity index (χ4v) is 2.61. The van der Waals surface area contributed by atoms with Gasteiger partial charge in [0.1, 0.15) is 23.1 Å². The quantitative estimate of drug-likeness (QED) is 0.757. The van der Waals surface area contributed by atoms with E-state index in [0.29, 0.717) is 0 Å². The van der Waals surface area contributed by atoms with E-state index in [0.717, 1.165) is 6.08 Å². The molecule has 4 nitrogen and oxygen atoms in total. The lowest BCUT2D eigenvalue weighted by atomic mass is 9.77. The fourth-order valence-electron chi connectivity index (χ4n) is 2.22. The highest BCUT2D eigenvalue weighted by molar-refractivity contribution is 6.27. The number of alkyl halides is 3. The molecule has 2 atom stereocenters. The van der Waals surface area contributed by atoms with E-state index in [9.17, 15) is 13.2 Å². The van der Waals surface area contributed by atoms with Crippen LogP contribution in [0.4, 0.5) is 13.2 Å². The van der Waals surface area contributed by atoms with Gasteiger partial charge in [-0.15, -0.1) is 11.6 Å². The molecule has 0 bridgehead atoms. The van der Waals surface area contributed by atoms with Gasteiger partial charge < -0.3 is 16.2 Å². The molecule has 8 heteroatoms. The maximum absolute atomic E-state index is 14.1. The first kappa shape index (κ1) is 14.2. The molecule has 2 rings (SSSR count). The molecule has 1 aliphatic heterocycles. The Labute approximate surface area is 112 Å². The van der Waals surface area contributed by atoms with Crippen LogP contribution < -0.4 is 11.5 Å². The summed E-state index contributed by atoms with van der Waals surface area (Å²) in [5.41, 5.74) is 8.92. The Balaban J connectivity index is 2.54. The zero-order valence-electron chi connectivity index (χ0n) is 9.88. The van der Waals surface area contributed by atoms with E-state index in [4.69, 9.17) is 27.8 Å². The number of nitrogens with zero attached hydrogens (tertiary/aromatic N) is 1. The number of hydrogen-bond acceptors (Lipinski definition) is 4. The highest BCUT2D eigenvalue weighted by atomic mass is 35.5. The van der Waals surface area contributed by atoms with Crippen molar-refractivity contribution in [3.8, 4) is 0 Å². The number of nitrogens with two attached hydrogens (primary N) is 2. The Morgan fingerprint density at radius 1 is 1.37 bits per heavy atom. The van der Waals surface area contributed by atoms with Crippen molar-refractivity contribution in [2.24, 2.45) is 16.5 Å². The summed E-state index contributed by atoms with van der Waals surface area (Å²) in [5.74, 6) is -1.07. The Morgan fingerprint density at radius 3 is 2.63 bits per heavy atom. The summed E-state index contributed by atoms with van der Waals surface area (Å²) in [6, 6.07) is 0. The van der Waals surface area contributed by atoms with Gasteiger partial charge in [-0.1, -0.05) is 0 Å². The summed E-state index contributed by atoms with van der Waals surface area (Å²) >= 11 is 6.13. The number of allylic oxidation sites excluding steroid dienone is 3. The molecule has 106 valence electrons. The van der Waals surface area contributed by atoms with Gasteiger partial charge in [-0.2, -0.15) is 0 Å². The van der Waals surface area contributed by atoms with Gasteiger partial charge in [0.15, 0.2) is 5.54 Å². The third kappa shape index (κ3) is 2.10. The molecule has 4 N–H and O–H groups in total. The molecule has 1 aliphatic carbocycles. The second-order valence-corrected chi connectivity index (χ2v) is 5.20. The number of ether oxygens (including phenoxy) is 1. The molecule has 1 heterocycles. The lowest BCUT2D eigenvalue weighted by Gasteiger charge is -2.45. The maximum Gasteiger partial charge on any atom is 0.267 e. The second kappa shape index (κ2) is 4.72. The van der Waals surface area contributed by atoms with Gasteiger partial charge in [-0.3, -0.25) is 4.99 Å². The van der Waals surface area contributed by atoms with Gasteiger partial charge in [-0.05, 0) is 12.2 Å². The zero-order valence-corrected chi connectivity index (χ0v) is 10.6. The summed E-state index contributed by atoms with van der Waals surface area (Å²) in [5, 5.41) is 0. The van der Waals surface area contributed by atoms with Gasteiger partial charge in [0.2, 0.25) is 0 Å². The van der Waals surface area contributed by atoms with Gasteiger partial charge in [0.25, 0.3) is 6.43 Å². The summed E-state index contributed by atoms with van der Waals surface area (Å²) < 4.78 is 46.0. The van der Waals surface area contributed by atoms with E-state index in [1.807, 2.05) is 0 Å². The third-order valence-electron chi connectivity index (χ3n) is 3.23. The summed E-state index contributed by atoms with van der Waals surface area (Å²) in [6.07, 6.45) is -1.09. The topological polar surface area (TPSA) is 73.6 Å². The molecule has 0 saturated carbocycles. The van der Waals surface area contributed by atoms with Crippen LogP contribution in [0.1, 0.15) is 6.42 Å². The average molecular weight is 296 g/mol. The molecule has 0 saturated heterocycles. The molecule has 0 amide bonds. The number of rotatable bonds is 2. The third-order valence-corrected chi connectivity index (χ3v) is 3.87. The molecule has 0 aromatic rings. The highest BCUT2D eigenvalue weighted by Crippen LogP contribution is 2.49. The van der Waals surface area contributed by atoms with Crippen LogP contribution in [0.3, 0.4) is 0 Å². The zero-order chi connectivity index (χ0) is 14.3. The number of halogens is 4. The first-order valence-electron chi connectivity index (χ1n) is 5.53. The Bertz CT molecular complexity index is 480. The molecule has 0 aromatic heterocycles. The SMILES string of the molecule is NC1=CC=C(F)C(Cl)([C@]2(C(F)F)COCC(N)=N2)C1. The average Bonchev–Trinajstić information content (AvgIpc) is 2.33. The number of aliphatic imine (C=N–C) groups is 1. The maximum atomic E-state index is 14.1. The predicted octanol–water partition coefficient (Wildman–Crippen LogP) is 1.46. The summed E-state index contributed by atoms with van der Waals surface area (Å²) in [6.45, 7) is -0.610. The Kier molecular flexibility index (Phi) is 3.53. The molecular formula is C11H13ClF3N3O. The minimum atomic E-state index is -3.05. The van der Waals surface area contributed by atoms with Gasteiger partial charge in [0, 0.05) is 12.1 Å². The van der Waals surface area contributed by atoms with Crippen molar-refractivity contribution in [3.63, 3.8) is 0 Å². The first-order valence-corrected chi connectivity index (χ1v) is 5.91. The molecule has 19 heavy (non-hydrogen) atoms. The minimum absolute atomic E-state index is 0.0852. The van der Waals surface area contributed by atoms with E-state index in [1.54, 1.807) is 0 Å². The Morgan fingerprint density at radius 2 is 2.05 bits per heavy atom. The van der Waals surface area contributed by atoms with Crippen LogP contribution in [-0.2, 0) is 4.74 Å². The van der Waals surface area contributed by atoms with Gasteiger partial charge in [0.05, 0.1) is 6.61 Å². The normalized spacial score (nSPS) is 35.7. The number of hydrogen-bond donors (Lipinski definition) is 2. The van der Waals surface area contributed by atoms with Crippen molar-refractivity contribution in [2.75, 3.05) is 13.2 Å². The molecular weight excluding hydrogens is 283 g/mol. The standard InChI is InChI=1S/C11H13ClF3N3O/c12-10(3-6(16)1-2-7(10)13)11(9(14)15)5-19-4-8(17)18-11/h1-2,9H,3-5,16H2,(H2,17,18)/t10?,11-/m1/s1. The van der Waals surface area contributed by atoms with Crippen molar-refractivity contribution in [2.45, 2.75) is 23.3 Å². The van der Waals surface area contributed by atoms with Crippen molar-refractivity contribution >= 4 is 17.4 Å².